The highest BCUT2D eigenvalue weighted by molar-refractivity contribution is 5.81. The summed E-state index contributed by atoms with van der Waals surface area (Å²) in [7, 11) is 0. The van der Waals surface area contributed by atoms with Gasteiger partial charge in [0.1, 0.15) is 0 Å². The summed E-state index contributed by atoms with van der Waals surface area (Å²) in [4.78, 5) is 13.3. The first kappa shape index (κ1) is 12.9. The fourth-order valence-electron chi connectivity index (χ4n) is 1.37. The number of hydrogen-bond donors (Lipinski definition) is 2. The van der Waals surface area contributed by atoms with Crippen LogP contribution in [0.5, 0.6) is 0 Å². The van der Waals surface area contributed by atoms with Crippen LogP contribution in [-0.2, 0) is 4.79 Å². The van der Waals surface area contributed by atoms with Crippen molar-refractivity contribution in [2.75, 3.05) is 13.1 Å². The molecular formula is C10H19N3O. The summed E-state index contributed by atoms with van der Waals surface area (Å²) in [5, 5.41) is 0. The fraction of sp³-hybridized carbons (Fsp3) is 0.500. The van der Waals surface area contributed by atoms with Crippen molar-refractivity contribution in [3.8, 4) is 0 Å². The highest BCUT2D eigenvalue weighted by atomic mass is 16.2. The van der Waals surface area contributed by atoms with Crippen molar-refractivity contribution in [3.63, 3.8) is 0 Å². The van der Waals surface area contributed by atoms with E-state index in [1.165, 1.54) is 0 Å². The van der Waals surface area contributed by atoms with E-state index in [0.29, 0.717) is 19.5 Å². The second-order valence-corrected chi connectivity index (χ2v) is 2.96. The van der Waals surface area contributed by atoms with Gasteiger partial charge >= 0.3 is 0 Å². The van der Waals surface area contributed by atoms with Crippen LogP contribution in [0.4, 0.5) is 0 Å². The Bertz CT molecular complexity index is 194. The monoisotopic (exact) mass is 197 g/mol. The zero-order valence-corrected chi connectivity index (χ0v) is 8.70. The van der Waals surface area contributed by atoms with Crippen LogP contribution in [0.1, 0.15) is 13.3 Å². The molecule has 0 spiro atoms. The van der Waals surface area contributed by atoms with Crippen LogP contribution in [0.2, 0.25) is 0 Å². The van der Waals surface area contributed by atoms with Gasteiger partial charge in [0, 0.05) is 13.1 Å². The third-order valence-electron chi connectivity index (χ3n) is 2.00. The maximum atomic E-state index is 11.4. The molecule has 0 saturated carbocycles. The average Bonchev–Trinajstić information content (AvgIpc) is 2.19. The Hall–Kier alpha value is -1.13. The SMILES string of the molecule is C=CCN(CC=C)C(CC)C(=O)NN. The van der Waals surface area contributed by atoms with Crippen molar-refractivity contribution in [1.82, 2.24) is 10.3 Å². The van der Waals surface area contributed by atoms with E-state index in [4.69, 9.17) is 5.84 Å². The van der Waals surface area contributed by atoms with Gasteiger partial charge in [0.25, 0.3) is 5.91 Å². The van der Waals surface area contributed by atoms with Crippen LogP contribution in [-0.4, -0.2) is 29.9 Å². The predicted molar refractivity (Wildman–Crippen MR) is 58.4 cm³/mol. The van der Waals surface area contributed by atoms with Crippen molar-refractivity contribution < 1.29 is 4.79 Å². The number of hydrogen-bond acceptors (Lipinski definition) is 3. The molecule has 1 atom stereocenters. The van der Waals surface area contributed by atoms with Crippen LogP contribution in [0.3, 0.4) is 0 Å². The van der Waals surface area contributed by atoms with Crippen LogP contribution in [0.15, 0.2) is 25.3 Å². The van der Waals surface area contributed by atoms with Gasteiger partial charge < -0.3 is 0 Å². The molecule has 0 heterocycles. The third-order valence-corrected chi connectivity index (χ3v) is 2.00. The van der Waals surface area contributed by atoms with Crippen molar-refractivity contribution in [1.29, 1.82) is 0 Å². The Morgan fingerprint density at radius 1 is 1.50 bits per heavy atom. The molecule has 0 fully saturated rings. The first-order valence-corrected chi connectivity index (χ1v) is 4.67. The summed E-state index contributed by atoms with van der Waals surface area (Å²) >= 11 is 0. The Kier molecular flexibility index (Phi) is 6.70. The molecule has 4 heteroatoms. The highest BCUT2D eigenvalue weighted by Gasteiger charge is 2.21. The minimum Gasteiger partial charge on any atom is -0.293 e. The zero-order chi connectivity index (χ0) is 11.0. The summed E-state index contributed by atoms with van der Waals surface area (Å²) in [5.74, 6) is 4.93. The molecule has 1 unspecified atom stereocenters. The number of nitrogens with zero attached hydrogens (tertiary/aromatic N) is 1. The van der Waals surface area contributed by atoms with Gasteiger partial charge in [-0.3, -0.25) is 15.1 Å². The molecule has 3 N–H and O–H groups in total. The minimum absolute atomic E-state index is 0.170. The van der Waals surface area contributed by atoms with Crippen LogP contribution >= 0.6 is 0 Å². The summed E-state index contributed by atoms with van der Waals surface area (Å²) in [6.45, 7) is 10.5. The molecular weight excluding hydrogens is 178 g/mol. The van der Waals surface area contributed by atoms with Gasteiger partial charge in [0.15, 0.2) is 0 Å². The lowest BCUT2D eigenvalue weighted by Gasteiger charge is -2.27. The fourth-order valence-corrected chi connectivity index (χ4v) is 1.37. The largest absolute Gasteiger partial charge is 0.293 e. The molecule has 0 aliphatic heterocycles. The molecule has 0 radical (unpaired) electrons. The van der Waals surface area contributed by atoms with E-state index in [1.54, 1.807) is 12.2 Å². The van der Waals surface area contributed by atoms with Crippen LogP contribution < -0.4 is 11.3 Å². The quantitative estimate of drug-likeness (QED) is 0.269. The average molecular weight is 197 g/mol. The molecule has 0 aliphatic rings. The van der Waals surface area contributed by atoms with Crippen molar-refractivity contribution in [3.05, 3.63) is 25.3 Å². The topological polar surface area (TPSA) is 58.4 Å². The number of carbonyl (C=O) groups excluding carboxylic acids is 1. The molecule has 0 aromatic heterocycles. The van der Waals surface area contributed by atoms with Gasteiger partial charge in [0.2, 0.25) is 0 Å². The molecule has 80 valence electrons. The van der Waals surface area contributed by atoms with Gasteiger partial charge in [0.05, 0.1) is 6.04 Å². The maximum Gasteiger partial charge on any atom is 0.251 e. The van der Waals surface area contributed by atoms with Crippen LogP contribution in [0, 0.1) is 0 Å². The third kappa shape index (κ3) is 3.72. The number of amides is 1. The van der Waals surface area contributed by atoms with Crippen molar-refractivity contribution >= 4 is 5.91 Å². The van der Waals surface area contributed by atoms with E-state index in [0.717, 1.165) is 0 Å². The van der Waals surface area contributed by atoms with E-state index >= 15 is 0 Å². The minimum atomic E-state index is -0.212. The van der Waals surface area contributed by atoms with Crippen LogP contribution in [0.25, 0.3) is 0 Å². The maximum absolute atomic E-state index is 11.4. The zero-order valence-electron chi connectivity index (χ0n) is 8.70. The summed E-state index contributed by atoms with van der Waals surface area (Å²) in [6.07, 6.45) is 4.23. The van der Waals surface area contributed by atoms with E-state index in [9.17, 15) is 4.79 Å². The van der Waals surface area contributed by atoms with Crippen molar-refractivity contribution in [2.45, 2.75) is 19.4 Å². The molecule has 0 aromatic rings. The van der Waals surface area contributed by atoms with Gasteiger partial charge in [-0.1, -0.05) is 19.1 Å². The van der Waals surface area contributed by atoms with E-state index in [2.05, 4.69) is 18.6 Å². The van der Waals surface area contributed by atoms with E-state index in [1.807, 2.05) is 11.8 Å². The first-order chi connectivity index (χ1) is 6.71. The summed E-state index contributed by atoms with van der Waals surface area (Å²) in [5.41, 5.74) is 2.16. The molecule has 0 bridgehead atoms. The normalized spacial score (nSPS) is 12.2. The number of nitrogens with two attached hydrogens (primary N) is 1. The standard InChI is InChI=1S/C10H19N3O/c1-4-7-13(8-5-2)9(6-3)10(14)12-11/h4-5,9H,1-2,6-8,11H2,3H3,(H,12,14). The molecule has 14 heavy (non-hydrogen) atoms. The smallest absolute Gasteiger partial charge is 0.251 e. The van der Waals surface area contributed by atoms with E-state index < -0.39 is 0 Å². The molecule has 0 saturated heterocycles. The second-order valence-electron chi connectivity index (χ2n) is 2.96. The molecule has 0 rings (SSSR count). The van der Waals surface area contributed by atoms with Gasteiger partial charge in [-0.2, -0.15) is 0 Å². The number of nitrogens with one attached hydrogen (secondary N) is 1. The summed E-state index contributed by atoms with van der Waals surface area (Å²) in [6, 6.07) is -0.212. The second kappa shape index (κ2) is 7.29. The predicted octanol–water partition coefficient (Wildman–Crippen LogP) is 0.429. The number of rotatable bonds is 7. The van der Waals surface area contributed by atoms with E-state index in [-0.39, 0.29) is 11.9 Å². The summed E-state index contributed by atoms with van der Waals surface area (Å²) < 4.78 is 0. The van der Waals surface area contributed by atoms with Gasteiger partial charge in [-0.25, -0.2) is 5.84 Å². The Balaban J connectivity index is 4.46. The molecule has 4 nitrogen and oxygen atoms in total. The number of carbonyl (C=O) groups is 1. The van der Waals surface area contributed by atoms with Gasteiger partial charge in [-0.05, 0) is 6.42 Å². The van der Waals surface area contributed by atoms with Gasteiger partial charge in [-0.15, -0.1) is 13.2 Å². The Labute approximate surface area is 85.4 Å². The molecule has 0 aromatic carbocycles. The lowest BCUT2D eigenvalue weighted by atomic mass is 10.1. The Morgan fingerprint density at radius 2 is 2.00 bits per heavy atom. The highest BCUT2D eigenvalue weighted by Crippen LogP contribution is 2.04. The lowest BCUT2D eigenvalue weighted by molar-refractivity contribution is -0.126. The molecule has 0 aliphatic carbocycles. The lowest BCUT2D eigenvalue weighted by Crippen LogP contribution is -2.48. The molecule has 1 amide bonds. The number of hydrazine groups is 1. The Morgan fingerprint density at radius 3 is 2.29 bits per heavy atom. The van der Waals surface area contributed by atoms with Crippen molar-refractivity contribution in [2.24, 2.45) is 5.84 Å². The first-order valence-electron chi connectivity index (χ1n) is 4.67.